The van der Waals surface area contributed by atoms with E-state index in [0.717, 1.165) is 22.5 Å². The molecule has 2 aliphatic rings. The molecule has 2 heterocycles. The molecule has 64 heavy (non-hydrogen) atoms. The highest BCUT2D eigenvalue weighted by Gasteiger charge is 2.52. The van der Waals surface area contributed by atoms with Crippen LogP contribution in [-0.2, 0) is 5.41 Å². The molecule has 0 atom stereocenters. The Morgan fingerprint density at radius 1 is 0.312 bits per heavy atom. The van der Waals surface area contributed by atoms with Crippen LogP contribution >= 0.6 is 0 Å². The smallest absolute Gasteiger partial charge is 0.0760 e. The fourth-order valence-corrected chi connectivity index (χ4v) is 11.1. The maximum Gasteiger partial charge on any atom is 0.0760 e. The van der Waals surface area contributed by atoms with Crippen molar-refractivity contribution in [2.75, 3.05) is 4.90 Å². The molecule has 13 rings (SSSR count). The van der Waals surface area contributed by atoms with Crippen LogP contribution in [0.5, 0.6) is 0 Å². The van der Waals surface area contributed by atoms with E-state index in [-0.39, 0.29) is 0 Å². The van der Waals surface area contributed by atoms with Crippen molar-refractivity contribution < 1.29 is 0 Å². The van der Waals surface area contributed by atoms with Gasteiger partial charge in [-0.15, -0.1) is 0 Å². The zero-order chi connectivity index (χ0) is 42.2. The monoisotopic (exact) mass is 812 g/mol. The van der Waals surface area contributed by atoms with Gasteiger partial charge in [-0.05, 0) is 113 Å². The van der Waals surface area contributed by atoms with Crippen LogP contribution in [0.15, 0.2) is 243 Å². The fraction of sp³-hybridized carbons (Fsp3) is 0.0161. The van der Waals surface area contributed by atoms with Crippen LogP contribution in [0, 0.1) is 0 Å². The lowest BCUT2D eigenvalue weighted by Gasteiger charge is -2.45. The van der Waals surface area contributed by atoms with Crippen LogP contribution in [0.1, 0.15) is 22.3 Å². The van der Waals surface area contributed by atoms with Gasteiger partial charge in [-0.3, -0.25) is 4.98 Å². The lowest BCUT2D eigenvalue weighted by Crippen LogP contribution is -2.36. The van der Waals surface area contributed by atoms with E-state index in [1.165, 1.54) is 94.1 Å². The minimum atomic E-state index is -0.568. The Morgan fingerprint density at radius 2 is 0.781 bits per heavy atom. The molecular formula is C62H40N2. The summed E-state index contributed by atoms with van der Waals surface area (Å²) in [6.45, 7) is 0. The molecule has 298 valence electrons. The highest BCUT2D eigenvalue weighted by molar-refractivity contribution is 6.21. The van der Waals surface area contributed by atoms with Crippen molar-refractivity contribution in [3.8, 4) is 55.8 Å². The molecule has 1 spiro atoms. The highest BCUT2D eigenvalue weighted by Crippen LogP contribution is 2.65. The molecule has 0 saturated heterocycles. The number of fused-ring (bicyclic) bond motifs is 11. The first-order chi connectivity index (χ1) is 31.8. The molecule has 0 radical (unpaired) electrons. The highest BCUT2D eigenvalue weighted by atomic mass is 15.2. The molecule has 11 aromatic rings. The van der Waals surface area contributed by atoms with Gasteiger partial charge in [0, 0.05) is 23.0 Å². The number of hydrogen-bond donors (Lipinski definition) is 0. The summed E-state index contributed by atoms with van der Waals surface area (Å²) in [4.78, 5) is 7.85. The number of para-hydroxylation sites is 3. The quantitative estimate of drug-likeness (QED) is 0.161. The van der Waals surface area contributed by atoms with E-state index in [4.69, 9.17) is 4.98 Å². The second-order valence-corrected chi connectivity index (χ2v) is 16.9. The molecule has 1 aliphatic carbocycles. The summed E-state index contributed by atoms with van der Waals surface area (Å²) in [5, 5.41) is 4.82. The molecule has 0 bridgehead atoms. The SMILES string of the molecule is c1ccc(-c2ccc(-c3c4ccccc4c(-c4ccc(-c5cccc6c5C5(c7ccccc7-6)c6ccccc6N(c6ccccc6)c6ccccc65)cn4)c4ccccc34)cc2)cc1. The molecule has 0 unspecified atom stereocenters. The third-order valence-electron chi connectivity index (χ3n) is 13.7. The molecule has 1 aliphatic heterocycles. The topological polar surface area (TPSA) is 16.1 Å². The Hall–Kier alpha value is -8.33. The molecule has 0 N–H and O–H groups in total. The van der Waals surface area contributed by atoms with Crippen LogP contribution in [-0.4, -0.2) is 4.98 Å². The van der Waals surface area contributed by atoms with Gasteiger partial charge in [0.1, 0.15) is 0 Å². The van der Waals surface area contributed by atoms with Crippen LogP contribution in [0.2, 0.25) is 0 Å². The standard InChI is InChI=1S/C62H40N2/c1-3-18-41(19-4-1)42-34-36-43(37-35-42)59-48-23-7-9-25-50(48)60(51-26-10-8-24-49(51)59)56-39-38-44(40-63-56)46-27-17-28-52-47-22-11-12-29-53(47)62(61(46)52)54-30-13-15-32-57(54)64(45-20-5-2-6-21-45)58-33-16-14-31-55(58)62/h1-40H. The van der Waals surface area contributed by atoms with Crippen molar-refractivity contribution in [3.63, 3.8) is 0 Å². The van der Waals surface area contributed by atoms with Crippen molar-refractivity contribution in [1.29, 1.82) is 0 Å². The summed E-state index contributed by atoms with van der Waals surface area (Å²) in [7, 11) is 0. The first kappa shape index (κ1) is 36.3. The molecule has 0 fully saturated rings. The molecule has 0 amide bonds. The predicted molar refractivity (Wildman–Crippen MR) is 267 cm³/mol. The maximum absolute atomic E-state index is 5.41. The third-order valence-corrected chi connectivity index (χ3v) is 13.7. The first-order valence-electron chi connectivity index (χ1n) is 22.1. The van der Waals surface area contributed by atoms with Gasteiger partial charge in [0.25, 0.3) is 0 Å². The lowest BCUT2D eigenvalue weighted by atomic mass is 9.63. The molecule has 10 aromatic carbocycles. The van der Waals surface area contributed by atoms with E-state index >= 15 is 0 Å². The number of benzene rings is 10. The summed E-state index contributed by atoms with van der Waals surface area (Å²) in [6, 6.07) is 86.6. The number of nitrogens with zero attached hydrogens (tertiary/aromatic N) is 2. The van der Waals surface area contributed by atoms with Gasteiger partial charge < -0.3 is 4.90 Å². The van der Waals surface area contributed by atoms with Crippen LogP contribution in [0.4, 0.5) is 17.1 Å². The molecule has 2 heteroatoms. The van der Waals surface area contributed by atoms with E-state index in [0.29, 0.717) is 0 Å². The average Bonchev–Trinajstić information content (AvgIpc) is 3.67. The predicted octanol–water partition coefficient (Wildman–Crippen LogP) is 16.2. The zero-order valence-electron chi connectivity index (χ0n) is 35.0. The maximum atomic E-state index is 5.41. The van der Waals surface area contributed by atoms with Crippen LogP contribution < -0.4 is 4.90 Å². The van der Waals surface area contributed by atoms with Gasteiger partial charge in [-0.2, -0.15) is 0 Å². The second-order valence-electron chi connectivity index (χ2n) is 16.9. The number of aromatic nitrogens is 1. The van der Waals surface area contributed by atoms with E-state index in [1.807, 2.05) is 0 Å². The van der Waals surface area contributed by atoms with Gasteiger partial charge in [0.15, 0.2) is 0 Å². The Morgan fingerprint density at radius 3 is 1.41 bits per heavy atom. The summed E-state index contributed by atoms with van der Waals surface area (Å²) in [5.74, 6) is 0. The first-order valence-corrected chi connectivity index (χ1v) is 22.1. The van der Waals surface area contributed by atoms with Crippen LogP contribution in [0.25, 0.3) is 77.3 Å². The van der Waals surface area contributed by atoms with E-state index in [1.54, 1.807) is 0 Å². The Labute approximate surface area is 373 Å². The van der Waals surface area contributed by atoms with Gasteiger partial charge in [0.2, 0.25) is 0 Å². The third kappa shape index (κ3) is 5.23. The van der Waals surface area contributed by atoms with Gasteiger partial charge >= 0.3 is 0 Å². The van der Waals surface area contributed by atoms with Crippen molar-refractivity contribution in [2.45, 2.75) is 5.41 Å². The molecular weight excluding hydrogens is 773 g/mol. The van der Waals surface area contributed by atoms with Crippen molar-refractivity contribution in [2.24, 2.45) is 0 Å². The summed E-state index contributed by atoms with van der Waals surface area (Å²) in [6.07, 6.45) is 2.11. The Balaban J connectivity index is 0.996. The number of rotatable bonds is 5. The van der Waals surface area contributed by atoms with Crippen molar-refractivity contribution >= 4 is 38.6 Å². The number of anilines is 3. The lowest BCUT2D eigenvalue weighted by molar-refractivity contribution is 0.754. The molecule has 1 aromatic heterocycles. The zero-order valence-corrected chi connectivity index (χ0v) is 35.0. The van der Waals surface area contributed by atoms with Gasteiger partial charge in [-0.25, -0.2) is 0 Å². The van der Waals surface area contributed by atoms with E-state index in [2.05, 4.69) is 248 Å². The fourth-order valence-electron chi connectivity index (χ4n) is 11.1. The minimum absolute atomic E-state index is 0.568. The van der Waals surface area contributed by atoms with Gasteiger partial charge in [-0.1, -0.05) is 206 Å². The Kier molecular flexibility index (Phi) is 8.16. The normalized spacial score (nSPS) is 13.1. The van der Waals surface area contributed by atoms with E-state index in [9.17, 15) is 0 Å². The summed E-state index contributed by atoms with van der Waals surface area (Å²) in [5.41, 5.74) is 19.9. The number of hydrogen-bond acceptors (Lipinski definition) is 2. The van der Waals surface area contributed by atoms with Crippen molar-refractivity contribution in [3.05, 3.63) is 265 Å². The number of pyridine rings is 1. The van der Waals surface area contributed by atoms with Crippen molar-refractivity contribution in [1.82, 2.24) is 4.98 Å². The second kappa shape index (κ2) is 14.4. The summed E-state index contributed by atoms with van der Waals surface area (Å²) >= 11 is 0. The molecule has 0 saturated carbocycles. The van der Waals surface area contributed by atoms with E-state index < -0.39 is 5.41 Å². The minimum Gasteiger partial charge on any atom is -0.310 e. The average molecular weight is 813 g/mol. The Bertz CT molecular complexity index is 3490. The molecule has 2 nitrogen and oxygen atoms in total. The van der Waals surface area contributed by atoms with Gasteiger partial charge in [0.05, 0.1) is 22.5 Å². The largest absolute Gasteiger partial charge is 0.310 e. The summed E-state index contributed by atoms with van der Waals surface area (Å²) < 4.78 is 0. The van der Waals surface area contributed by atoms with Crippen LogP contribution in [0.3, 0.4) is 0 Å².